The van der Waals surface area contributed by atoms with Crippen molar-refractivity contribution in [3.63, 3.8) is 0 Å². The molecule has 0 amide bonds. The van der Waals surface area contributed by atoms with Crippen LogP contribution in [0.3, 0.4) is 0 Å². The molecule has 3 nitrogen and oxygen atoms in total. The molecule has 30 heavy (non-hydrogen) atoms. The molecule has 2 aromatic heterocycles. The lowest BCUT2D eigenvalue weighted by molar-refractivity contribution is 0.300. The van der Waals surface area contributed by atoms with E-state index in [0.29, 0.717) is 5.92 Å². The fourth-order valence-corrected chi connectivity index (χ4v) is 6.94. The van der Waals surface area contributed by atoms with E-state index in [1.165, 1.54) is 48.2 Å². The molecule has 2 saturated carbocycles. The van der Waals surface area contributed by atoms with E-state index < -0.39 is 0 Å². The molecule has 0 spiro atoms. The number of hydrogen-bond acceptors (Lipinski definition) is 2. The molecule has 2 heterocycles. The van der Waals surface area contributed by atoms with Gasteiger partial charge in [-0.15, -0.1) is 0 Å². The molecule has 2 aromatic carbocycles. The predicted octanol–water partition coefficient (Wildman–Crippen LogP) is 6.29. The number of fused-ring (bicyclic) bond motifs is 6. The second-order valence-corrected chi connectivity index (χ2v) is 10.3. The molecule has 0 saturated heterocycles. The fraction of sp³-hybridized carbons (Fsp3) is 0.407. The Morgan fingerprint density at radius 1 is 0.967 bits per heavy atom. The van der Waals surface area contributed by atoms with Gasteiger partial charge in [0, 0.05) is 10.8 Å². The zero-order valence-electron chi connectivity index (χ0n) is 17.9. The number of hydrogen-bond donors (Lipinski definition) is 0. The summed E-state index contributed by atoms with van der Waals surface area (Å²) in [7, 11) is 0. The van der Waals surface area contributed by atoms with Gasteiger partial charge in [0.1, 0.15) is 11.5 Å². The summed E-state index contributed by atoms with van der Waals surface area (Å²) in [6, 6.07) is 13.1. The van der Waals surface area contributed by atoms with Gasteiger partial charge in [0.2, 0.25) is 0 Å². The summed E-state index contributed by atoms with van der Waals surface area (Å²) in [5.74, 6) is 3.52. The highest BCUT2D eigenvalue weighted by Gasteiger charge is 2.55. The third-order valence-corrected chi connectivity index (χ3v) is 8.35. The summed E-state index contributed by atoms with van der Waals surface area (Å²) < 4.78 is 2.44. The van der Waals surface area contributed by atoms with Crippen molar-refractivity contribution in [1.29, 1.82) is 0 Å². The van der Waals surface area contributed by atoms with Crippen molar-refractivity contribution in [1.82, 2.24) is 14.4 Å². The third-order valence-electron chi connectivity index (χ3n) is 8.35. The molecule has 2 bridgehead atoms. The van der Waals surface area contributed by atoms with Gasteiger partial charge >= 0.3 is 0 Å². The zero-order valence-corrected chi connectivity index (χ0v) is 17.9. The average molecular weight is 394 g/mol. The monoisotopic (exact) mass is 393 g/mol. The Kier molecular flexibility index (Phi) is 3.13. The van der Waals surface area contributed by atoms with Gasteiger partial charge in [0.25, 0.3) is 0 Å². The molecule has 150 valence electrons. The molecule has 4 unspecified atom stereocenters. The summed E-state index contributed by atoms with van der Waals surface area (Å²) in [4.78, 5) is 10.6. The molecular weight excluding hydrogens is 366 g/mol. The minimum Gasteiger partial charge on any atom is -0.279 e. The van der Waals surface area contributed by atoms with Crippen LogP contribution in [-0.2, 0) is 5.41 Å². The minimum absolute atomic E-state index is 0.151. The molecule has 4 atom stereocenters. The van der Waals surface area contributed by atoms with E-state index in [-0.39, 0.29) is 5.41 Å². The highest BCUT2D eigenvalue weighted by molar-refractivity contribution is 5.96. The summed E-state index contributed by atoms with van der Waals surface area (Å²) >= 11 is 0. The lowest BCUT2D eigenvalue weighted by atomic mass is 9.69. The van der Waals surface area contributed by atoms with E-state index in [9.17, 15) is 0 Å². The Balaban J connectivity index is 1.62. The Labute approximate surface area is 176 Å². The van der Waals surface area contributed by atoms with Crippen LogP contribution in [0.2, 0.25) is 0 Å². The molecule has 0 aliphatic heterocycles. The predicted molar refractivity (Wildman–Crippen MR) is 122 cm³/mol. The number of nitrogens with zero attached hydrogens (tertiary/aromatic N) is 3. The number of aryl methyl sites for hydroxylation is 2. The maximum Gasteiger partial charge on any atom is 0.148 e. The topological polar surface area (TPSA) is 30.2 Å². The number of benzene rings is 2. The molecule has 2 fully saturated rings. The van der Waals surface area contributed by atoms with E-state index in [1.54, 1.807) is 5.57 Å². The van der Waals surface area contributed by atoms with E-state index in [0.717, 1.165) is 33.9 Å². The summed E-state index contributed by atoms with van der Waals surface area (Å²) in [6.07, 6.45) is 7.65. The first-order valence-electron chi connectivity index (χ1n) is 11.4. The SMILES string of the molecule is Cc1cc2nc3c4ccccc4nc(C45CC(C)C=C6CC(C4)C6C5)n3c2cc1C. The van der Waals surface area contributed by atoms with Crippen LogP contribution in [0.4, 0.5) is 0 Å². The van der Waals surface area contributed by atoms with Crippen LogP contribution in [-0.4, -0.2) is 14.4 Å². The van der Waals surface area contributed by atoms with Gasteiger partial charge in [0.15, 0.2) is 0 Å². The van der Waals surface area contributed by atoms with E-state index in [4.69, 9.17) is 9.97 Å². The Morgan fingerprint density at radius 2 is 1.80 bits per heavy atom. The second kappa shape index (κ2) is 5.51. The smallest absolute Gasteiger partial charge is 0.148 e. The van der Waals surface area contributed by atoms with Crippen LogP contribution in [0, 0.1) is 31.6 Å². The van der Waals surface area contributed by atoms with Crippen LogP contribution in [0.15, 0.2) is 48.0 Å². The second-order valence-electron chi connectivity index (χ2n) is 10.3. The first-order valence-corrected chi connectivity index (χ1v) is 11.4. The van der Waals surface area contributed by atoms with Crippen molar-refractivity contribution in [3.05, 3.63) is 65.0 Å². The fourth-order valence-electron chi connectivity index (χ4n) is 6.94. The summed E-state index contributed by atoms with van der Waals surface area (Å²) in [5, 5.41) is 1.16. The largest absolute Gasteiger partial charge is 0.279 e. The molecule has 3 heteroatoms. The van der Waals surface area contributed by atoms with Gasteiger partial charge in [-0.1, -0.05) is 30.7 Å². The van der Waals surface area contributed by atoms with Crippen molar-refractivity contribution in [3.8, 4) is 0 Å². The van der Waals surface area contributed by atoms with Crippen molar-refractivity contribution >= 4 is 27.6 Å². The van der Waals surface area contributed by atoms with Crippen molar-refractivity contribution < 1.29 is 0 Å². The molecule has 0 radical (unpaired) electrons. The standard InChI is InChI=1S/C27H27N3/c1-15-8-18-11-19-13-27(12-15,14-21(18)19)26-29-22-7-5-4-6-20(22)25-28-23-9-16(2)17(3)10-24(23)30(25)26/h4-10,15,19,21H,11-14H2,1-3H3. The van der Waals surface area contributed by atoms with E-state index in [2.05, 4.69) is 67.6 Å². The first kappa shape index (κ1) is 17.0. The Hall–Kier alpha value is -2.68. The van der Waals surface area contributed by atoms with E-state index in [1.807, 2.05) is 0 Å². The van der Waals surface area contributed by atoms with Gasteiger partial charge in [-0.25, -0.2) is 9.97 Å². The Morgan fingerprint density at radius 3 is 2.70 bits per heavy atom. The van der Waals surface area contributed by atoms with Crippen molar-refractivity contribution in [2.24, 2.45) is 17.8 Å². The normalized spacial score (nSPS) is 30.0. The average Bonchev–Trinajstić information content (AvgIpc) is 3.18. The minimum atomic E-state index is 0.151. The van der Waals surface area contributed by atoms with Crippen molar-refractivity contribution in [2.45, 2.75) is 51.9 Å². The summed E-state index contributed by atoms with van der Waals surface area (Å²) in [5.41, 5.74) is 8.99. The van der Waals surface area contributed by atoms with Crippen LogP contribution in [0.5, 0.6) is 0 Å². The van der Waals surface area contributed by atoms with Gasteiger partial charge in [-0.2, -0.15) is 0 Å². The first-order chi connectivity index (χ1) is 14.5. The van der Waals surface area contributed by atoms with Crippen LogP contribution in [0.25, 0.3) is 27.6 Å². The van der Waals surface area contributed by atoms with Gasteiger partial charge in [0.05, 0.1) is 16.6 Å². The number of imidazole rings is 1. The van der Waals surface area contributed by atoms with Crippen LogP contribution < -0.4 is 0 Å². The highest BCUT2D eigenvalue weighted by Crippen LogP contribution is 2.63. The maximum absolute atomic E-state index is 5.40. The molecule has 0 N–H and O–H groups in total. The highest BCUT2D eigenvalue weighted by atomic mass is 15.1. The number of para-hydroxylation sites is 1. The molecule has 7 rings (SSSR count). The Bertz CT molecular complexity index is 1410. The third kappa shape index (κ3) is 2.06. The van der Waals surface area contributed by atoms with Gasteiger partial charge in [-0.05, 0) is 92.7 Å². The maximum atomic E-state index is 5.40. The van der Waals surface area contributed by atoms with E-state index >= 15 is 0 Å². The van der Waals surface area contributed by atoms with Crippen LogP contribution in [0.1, 0.15) is 49.6 Å². The molecular formula is C27H27N3. The zero-order chi connectivity index (χ0) is 20.2. The molecule has 3 aliphatic rings. The lowest BCUT2D eigenvalue weighted by Crippen LogP contribution is -2.30. The van der Waals surface area contributed by atoms with Crippen LogP contribution >= 0.6 is 0 Å². The lowest BCUT2D eigenvalue weighted by Gasteiger charge is -2.36. The number of allylic oxidation sites excluding steroid dienone is 2. The quantitative estimate of drug-likeness (QED) is 0.356. The number of aromatic nitrogens is 3. The summed E-state index contributed by atoms with van der Waals surface area (Å²) in [6.45, 7) is 6.80. The number of rotatable bonds is 1. The molecule has 4 aromatic rings. The van der Waals surface area contributed by atoms with Crippen molar-refractivity contribution in [2.75, 3.05) is 0 Å². The van der Waals surface area contributed by atoms with Gasteiger partial charge in [-0.3, -0.25) is 4.40 Å². The van der Waals surface area contributed by atoms with Gasteiger partial charge < -0.3 is 0 Å². The molecule has 3 aliphatic carbocycles.